The summed E-state index contributed by atoms with van der Waals surface area (Å²) < 4.78 is 0. The number of H-pyrrole nitrogens is 1. The molecule has 2 amide bonds. The molecule has 11 nitrogen and oxygen atoms in total. The van der Waals surface area contributed by atoms with Gasteiger partial charge in [0.05, 0.1) is 24.5 Å². The van der Waals surface area contributed by atoms with E-state index in [4.69, 9.17) is 0 Å². The van der Waals surface area contributed by atoms with E-state index in [-0.39, 0.29) is 48.0 Å². The van der Waals surface area contributed by atoms with E-state index in [9.17, 15) is 34.5 Å². The van der Waals surface area contributed by atoms with Gasteiger partial charge in [-0.15, -0.1) is 0 Å². The van der Waals surface area contributed by atoms with Crippen LogP contribution in [0.1, 0.15) is 45.9 Å². The molecule has 7 N–H and O–H groups in total. The molecule has 1 unspecified atom stereocenters. The van der Waals surface area contributed by atoms with Crippen LogP contribution in [0.2, 0.25) is 0 Å². The molecule has 4 aromatic carbocycles. The number of fused-ring (bicyclic) bond motifs is 2. The number of phenolic OH excluding ortho intramolecular Hbond substituents is 1. The Morgan fingerprint density at radius 1 is 0.816 bits per heavy atom. The molecule has 0 radical (unpaired) electrons. The third-order valence-electron chi connectivity index (χ3n) is 8.89. The molecule has 250 valence electrons. The highest BCUT2D eigenvalue weighted by atomic mass is 16.4. The van der Waals surface area contributed by atoms with E-state index in [1.165, 1.54) is 12.1 Å². The van der Waals surface area contributed by atoms with Gasteiger partial charge in [0.1, 0.15) is 5.75 Å². The molecular weight excluding hydrogens is 624 g/mol. The molecule has 11 heteroatoms. The highest BCUT2D eigenvalue weighted by Crippen LogP contribution is 2.37. The Labute approximate surface area is 281 Å². The minimum Gasteiger partial charge on any atom is -0.506 e. The SMILES string of the molecule is O=C(Cc1ccc(CC(=O)NC2(C(=O)O)CCc3ccccc32)cc1)Nc1ccc(CNC[C@H](O)c2ccc(O)c3[nH]c(=O)ccc23)cc1. The fourth-order valence-corrected chi connectivity index (χ4v) is 6.37. The summed E-state index contributed by atoms with van der Waals surface area (Å²) in [7, 11) is 0. The van der Waals surface area contributed by atoms with Crippen LogP contribution in [0.15, 0.2) is 102 Å². The number of aliphatic hydroxyl groups is 1. The lowest BCUT2D eigenvalue weighted by Gasteiger charge is -2.27. The number of carbonyl (C=O) groups is 3. The number of rotatable bonds is 12. The topological polar surface area (TPSA) is 181 Å². The lowest BCUT2D eigenvalue weighted by molar-refractivity contribution is -0.148. The zero-order valence-electron chi connectivity index (χ0n) is 26.5. The van der Waals surface area contributed by atoms with Crippen molar-refractivity contribution in [3.05, 3.63) is 141 Å². The quantitative estimate of drug-likeness (QED) is 0.105. The predicted molar refractivity (Wildman–Crippen MR) is 184 cm³/mol. The van der Waals surface area contributed by atoms with E-state index in [0.717, 1.165) is 16.7 Å². The number of aryl methyl sites for hydroxylation is 1. The summed E-state index contributed by atoms with van der Waals surface area (Å²) in [5.74, 6) is -1.73. The van der Waals surface area contributed by atoms with Gasteiger partial charge in [-0.2, -0.15) is 0 Å². The minimum atomic E-state index is -1.43. The number of carboxylic acid groups (broad SMARTS) is 1. The number of aromatic hydroxyl groups is 1. The van der Waals surface area contributed by atoms with Crippen LogP contribution in [0.4, 0.5) is 5.69 Å². The van der Waals surface area contributed by atoms with Gasteiger partial charge >= 0.3 is 5.97 Å². The van der Waals surface area contributed by atoms with Gasteiger partial charge in [0.2, 0.25) is 17.4 Å². The molecule has 0 saturated heterocycles. The van der Waals surface area contributed by atoms with Crippen molar-refractivity contribution in [1.82, 2.24) is 15.6 Å². The molecule has 1 aliphatic carbocycles. The molecular formula is C38H36N4O7. The summed E-state index contributed by atoms with van der Waals surface area (Å²) in [5, 5.41) is 40.3. The Kier molecular flexibility index (Phi) is 9.56. The van der Waals surface area contributed by atoms with E-state index in [2.05, 4.69) is 20.9 Å². The van der Waals surface area contributed by atoms with Crippen molar-refractivity contribution >= 4 is 34.4 Å². The first-order chi connectivity index (χ1) is 23.6. The molecule has 0 aliphatic heterocycles. The van der Waals surface area contributed by atoms with Crippen LogP contribution in [-0.2, 0) is 45.7 Å². The zero-order chi connectivity index (χ0) is 34.5. The van der Waals surface area contributed by atoms with Crippen LogP contribution in [-0.4, -0.2) is 44.6 Å². The molecule has 0 spiro atoms. The molecule has 0 saturated carbocycles. The largest absolute Gasteiger partial charge is 0.506 e. The third kappa shape index (κ3) is 7.38. The number of benzene rings is 4. The van der Waals surface area contributed by atoms with Crippen molar-refractivity contribution in [2.75, 3.05) is 11.9 Å². The first-order valence-electron chi connectivity index (χ1n) is 15.9. The van der Waals surface area contributed by atoms with Crippen molar-refractivity contribution in [2.45, 2.75) is 43.9 Å². The highest BCUT2D eigenvalue weighted by molar-refractivity contribution is 5.92. The molecule has 49 heavy (non-hydrogen) atoms. The number of amides is 2. The van der Waals surface area contributed by atoms with Gasteiger partial charge in [-0.3, -0.25) is 14.4 Å². The van der Waals surface area contributed by atoms with Gasteiger partial charge in [0.15, 0.2) is 5.54 Å². The second-order valence-corrected chi connectivity index (χ2v) is 12.3. The van der Waals surface area contributed by atoms with Crippen molar-refractivity contribution < 1.29 is 29.7 Å². The smallest absolute Gasteiger partial charge is 0.334 e. The molecule has 2 atom stereocenters. The average Bonchev–Trinajstić information content (AvgIpc) is 3.46. The molecule has 6 rings (SSSR count). The third-order valence-corrected chi connectivity index (χ3v) is 8.89. The van der Waals surface area contributed by atoms with Gasteiger partial charge < -0.3 is 36.3 Å². The fourth-order valence-electron chi connectivity index (χ4n) is 6.37. The maximum absolute atomic E-state index is 12.9. The van der Waals surface area contributed by atoms with Crippen molar-refractivity contribution in [3.8, 4) is 5.75 Å². The number of aromatic amines is 1. The van der Waals surface area contributed by atoms with Crippen LogP contribution in [0.3, 0.4) is 0 Å². The summed E-state index contributed by atoms with van der Waals surface area (Å²) in [4.78, 5) is 52.1. The van der Waals surface area contributed by atoms with Crippen LogP contribution in [0, 0.1) is 0 Å². The molecule has 1 aliphatic rings. The second kappa shape index (κ2) is 14.1. The zero-order valence-corrected chi connectivity index (χ0v) is 26.5. The van der Waals surface area contributed by atoms with Crippen LogP contribution in [0.5, 0.6) is 5.75 Å². The Morgan fingerprint density at radius 2 is 1.49 bits per heavy atom. The maximum Gasteiger partial charge on any atom is 0.334 e. The monoisotopic (exact) mass is 660 g/mol. The van der Waals surface area contributed by atoms with Crippen LogP contribution >= 0.6 is 0 Å². The summed E-state index contributed by atoms with van der Waals surface area (Å²) in [5.41, 5.74) is 3.68. The van der Waals surface area contributed by atoms with E-state index in [1.807, 2.05) is 24.3 Å². The second-order valence-electron chi connectivity index (χ2n) is 12.3. The number of hydrogen-bond donors (Lipinski definition) is 7. The van der Waals surface area contributed by atoms with Crippen molar-refractivity contribution in [3.63, 3.8) is 0 Å². The normalized spacial score (nSPS) is 15.8. The number of hydrogen-bond acceptors (Lipinski definition) is 7. The summed E-state index contributed by atoms with van der Waals surface area (Å²) in [6.45, 7) is 0.700. The molecule has 5 aromatic rings. The average molecular weight is 661 g/mol. The Hall–Kier alpha value is -5.78. The van der Waals surface area contributed by atoms with E-state index < -0.39 is 17.6 Å². The van der Waals surface area contributed by atoms with Gasteiger partial charge in [0.25, 0.3) is 0 Å². The maximum atomic E-state index is 12.9. The molecule has 0 fully saturated rings. The molecule has 1 heterocycles. The van der Waals surface area contributed by atoms with Gasteiger partial charge in [0, 0.05) is 30.2 Å². The predicted octanol–water partition coefficient (Wildman–Crippen LogP) is 3.82. The van der Waals surface area contributed by atoms with Crippen molar-refractivity contribution in [2.24, 2.45) is 0 Å². The van der Waals surface area contributed by atoms with Crippen molar-refractivity contribution in [1.29, 1.82) is 0 Å². The van der Waals surface area contributed by atoms with Gasteiger partial charge in [-0.1, -0.05) is 66.7 Å². The first kappa shape index (κ1) is 33.1. The van der Waals surface area contributed by atoms with E-state index in [0.29, 0.717) is 47.2 Å². The fraction of sp³-hybridized carbons (Fsp3) is 0.211. The molecule has 1 aromatic heterocycles. The number of anilines is 1. The number of carbonyl (C=O) groups excluding carboxylic acids is 2. The van der Waals surface area contributed by atoms with Crippen LogP contribution < -0.4 is 21.5 Å². The Balaban J connectivity index is 0.966. The number of phenols is 1. The summed E-state index contributed by atoms with van der Waals surface area (Å²) >= 11 is 0. The minimum absolute atomic E-state index is 0.0135. The standard InChI is InChI=1S/C38H36N4O7/c43-31-15-13-28(29-14-16-33(45)41-36(29)31)32(44)22-39-21-25-9-11-27(12-10-25)40-34(46)19-23-5-7-24(8-6-23)20-35(47)42-38(37(48)49)18-17-26-3-1-2-4-30(26)38/h1-16,32,39,43-44H,17-22H2,(H,40,46)(H,41,45)(H,42,47)(H,48,49)/t32-,38?/m0/s1. The van der Waals surface area contributed by atoms with Gasteiger partial charge in [-0.25, -0.2) is 4.79 Å². The lowest BCUT2D eigenvalue weighted by Crippen LogP contribution is -2.50. The number of nitrogens with one attached hydrogen (secondary N) is 4. The van der Waals surface area contributed by atoms with E-state index in [1.54, 1.807) is 60.7 Å². The summed E-state index contributed by atoms with van der Waals surface area (Å²) in [6, 6.07) is 27.7. The Morgan fingerprint density at radius 3 is 2.20 bits per heavy atom. The first-order valence-corrected chi connectivity index (χ1v) is 15.9. The molecule has 0 bridgehead atoms. The summed E-state index contributed by atoms with van der Waals surface area (Å²) in [6.07, 6.45) is 0.152. The number of aliphatic carboxylic acids is 1. The number of pyridine rings is 1. The van der Waals surface area contributed by atoms with E-state index >= 15 is 0 Å². The highest BCUT2D eigenvalue weighted by Gasteiger charge is 2.46. The van der Waals surface area contributed by atoms with Gasteiger partial charge in [-0.05, 0) is 70.5 Å². The number of carboxylic acids is 1. The lowest BCUT2D eigenvalue weighted by atomic mass is 9.91. The van der Waals surface area contributed by atoms with Crippen LogP contribution in [0.25, 0.3) is 10.9 Å². The Bertz CT molecular complexity index is 2080. The number of aliphatic hydroxyl groups excluding tert-OH is 1. The number of aromatic nitrogens is 1.